The van der Waals surface area contributed by atoms with Crippen molar-refractivity contribution in [1.29, 1.82) is 0 Å². The molecule has 0 N–H and O–H groups in total. The van der Waals surface area contributed by atoms with E-state index in [2.05, 4.69) is 0 Å². The summed E-state index contributed by atoms with van der Waals surface area (Å²) in [6.45, 7) is 7.15. The van der Waals surface area contributed by atoms with E-state index in [1.807, 2.05) is 13.8 Å². The summed E-state index contributed by atoms with van der Waals surface area (Å²) < 4.78 is 25.3. The summed E-state index contributed by atoms with van der Waals surface area (Å²) in [4.78, 5) is 11.8. The molecule has 0 unspecified atom stereocenters. The Hall–Kier alpha value is 0.200. The second-order valence-corrected chi connectivity index (χ2v) is 8.20. The van der Waals surface area contributed by atoms with Crippen LogP contribution in [0.25, 0.3) is 0 Å². The first-order valence-electron chi connectivity index (χ1n) is 6.19. The van der Waals surface area contributed by atoms with Gasteiger partial charge in [-0.05, 0) is 26.7 Å². The van der Waals surface area contributed by atoms with Crippen LogP contribution in [0.15, 0.2) is 0 Å². The Morgan fingerprint density at radius 3 is 1.89 bits per heavy atom. The monoisotopic (exact) mass is 334 g/mol. The Balaban J connectivity index is 5.09. The molecule has 114 valence electrons. The van der Waals surface area contributed by atoms with Gasteiger partial charge in [0.1, 0.15) is 0 Å². The van der Waals surface area contributed by atoms with Crippen molar-refractivity contribution in [2.75, 3.05) is 13.2 Å². The van der Waals surface area contributed by atoms with E-state index in [0.29, 0.717) is 12.8 Å². The summed E-state index contributed by atoms with van der Waals surface area (Å²) in [5.41, 5.74) is 0. The molecule has 8 heteroatoms. The lowest BCUT2D eigenvalue weighted by atomic mass is 10.5. The second kappa shape index (κ2) is 8.48. The van der Waals surface area contributed by atoms with Gasteiger partial charge >= 0.3 is 17.6 Å². The quantitative estimate of drug-likeness (QED) is 0.360. The minimum Gasteiger partial charge on any atom is -0.460 e. The first kappa shape index (κ1) is 19.2. The van der Waals surface area contributed by atoms with Crippen LogP contribution >= 0.6 is 30.8 Å². The van der Waals surface area contributed by atoms with Crippen molar-refractivity contribution in [1.82, 2.24) is 0 Å². The van der Waals surface area contributed by atoms with Crippen molar-refractivity contribution >= 4 is 36.8 Å². The SMILES string of the molecule is CCCOP(=O)(OCCC)C(Cl)(Cl)C(=O)OC(C)C. The van der Waals surface area contributed by atoms with Crippen molar-refractivity contribution in [3.63, 3.8) is 0 Å². The van der Waals surface area contributed by atoms with Gasteiger partial charge in [-0.15, -0.1) is 0 Å². The van der Waals surface area contributed by atoms with Crippen LogP contribution in [0.3, 0.4) is 0 Å². The lowest BCUT2D eigenvalue weighted by molar-refractivity contribution is -0.146. The van der Waals surface area contributed by atoms with Gasteiger partial charge in [0.2, 0.25) is 0 Å². The maximum absolute atomic E-state index is 12.6. The minimum atomic E-state index is -4.01. The summed E-state index contributed by atoms with van der Waals surface area (Å²) in [6.07, 6.45) is 0.737. The summed E-state index contributed by atoms with van der Waals surface area (Å²) in [5.74, 6) is -1.03. The minimum absolute atomic E-state index is 0.122. The first-order valence-corrected chi connectivity index (χ1v) is 8.49. The van der Waals surface area contributed by atoms with E-state index < -0.39 is 23.7 Å². The zero-order chi connectivity index (χ0) is 15.1. The molecule has 0 aliphatic carbocycles. The van der Waals surface area contributed by atoms with E-state index in [-0.39, 0.29) is 13.2 Å². The van der Waals surface area contributed by atoms with Gasteiger partial charge < -0.3 is 13.8 Å². The first-order chi connectivity index (χ1) is 8.71. The highest BCUT2D eigenvalue weighted by atomic mass is 35.5. The van der Waals surface area contributed by atoms with Gasteiger partial charge in [-0.3, -0.25) is 4.57 Å². The summed E-state index contributed by atoms with van der Waals surface area (Å²) in [7, 11) is -4.01. The fourth-order valence-corrected chi connectivity index (χ4v) is 3.21. The fourth-order valence-electron chi connectivity index (χ4n) is 1.02. The van der Waals surface area contributed by atoms with Crippen LogP contribution in [0.4, 0.5) is 0 Å². The molecule has 0 aliphatic rings. The van der Waals surface area contributed by atoms with Gasteiger partial charge in [-0.2, -0.15) is 0 Å². The average Bonchev–Trinajstić information content (AvgIpc) is 2.32. The van der Waals surface area contributed by atoms with Crippen molar-refractivity contribution in [2.24, 2.45) is 0 Å². The molecule has 0 heterocycles. The Morgan fingerprint density at radius 1 is 1.16 bits per heavy atom. The highest BCUT2D eigenvalue weighted by Crippen LogP contribution is 2.65. The number of esters is 1. The topological polar surface area (TPSA) is 61.8 Å². The van der Waals surface area contributed by atoms with E-state index >= 15 is 0 Å². The molecular formula is C11H21Cl2O5P. The number of ether oxygens (including phenoxy) is 1. The molecule has 0 bridgehead atoms. The molecule has 5 nitrogen and oxygen atoms in total. The van der Waals surface area contributed by atoms with Crippen LogP contribution in [0, 0.1) is 0 Å². The standard InChI is InChI=1S/C11H21Cl2O5P/c1-5-7-16-19(15,17-8-6-2)11(12,13)10(14)18-9(3)4/h9H,5-8H2,1-4H3. The molecule has 0 aliphatic heterocycles. The maximum Gasteiger partial charge on any atom is 0.378 e. The van der Waals surface area contributed by atoms with E-state index in [4.69, 9.17) is 37.0 Å². The van der Waals surface area contributed by atoms with Crippen molar-refractivity contribution < 1.29 is 23.1 Å². The van der Waals surface area contributed by atoms with Gasteiger partial charge in [0.25, 0.3) is 0 Å². The van der Waals surface area contributed by atoms with Crippen LogP contribution in [0.1, 0.15) is 40.5 Å². The van der Waals surface area contributed by atoms with Crippen molar-refractivity contribution in [3.8, 4) is 0 Å². The average molecular weight is 335 g/mol. The van der Waals surface area contributed by atoms with E-state index in [0.717, 1.165) is 0 Å². The maximum atomic E-state index is 12.6. The van der Waals surface area contributed by atoms with Crippen LogP contribution in [-0.2, 0) is 23.1 Å². The highest BCUT2D eigenvalue weighted by molar-refractivity contribution is 7.61. The second-order valence-electron chi connectivity index (χ2n) is 4.16. The van der Waals surface area contributed by atoms with E-state index in [1.54, 1.807) is 13.8 Å². The predicted molar refractivity (Wildman–Crippen MR) is 75.8 cm³/mol. The molecule has 0 atom stereocenters. The zero-order valence-corrected chi connectivity index (χ0v) is 14.1. The predicted octanol–water partition coefficient (Wildman–Crippen LogP) is 4.12. The summed E-state index contributed by atoms with van der Waals surface area (Å²) in [5, 5.41) is 0. The summed E-state index contributed by atoms with van der Waals surface area (Å²) >= 11 is 11.8. The van der Waals surface area contributed by atoms with Crippen LogP contribution < -0.4 is 0 Å². The summed E-state index contributed by atoms with van der Waals surface area (Å²) in [6, 6.07) is 0. The van der Waals surface area contributed by atoms with Crippen molar-refractivity contribution in [2.45, 2.75) is 50.7 Å². The Kier molecular flexibility index (Phi) is 8.57. The Morgan fingerprint density at radius 2 is 1.58 bits per heavy atom. The molecule has 0 saturated heterocycles. The van der Waals surface area contributed by atoms with Crippen molar-refractivity contribution in [3.05, 3.63) is 0 Å². The molecule has 0 saturated carbocycles. The molecule has 0 spiro atoms. The van der Waals surface area contributed by atoms with Crippen LogP contribution in [0.2, 0.25) is 0 Å². The number of carbonyl (C=O) groups excluding carboxylic acids is 1. The third-order valence-corrected chi connectivity index (χ3v) is 5.33. The largest absolute Gasteiger partial charge is 0.460 e. The van der Waals surface area contributed by atoms with Gasteiger partial charge in [0.15, 0.2) is 0 Å². The number of alkyl halides is 2. The van der Waals surface area contributed by atoms with E-state index in [9.17, 15) is 9.36 Å². The molecule has 0 aromatic carbocycles. The number of carbonyl (C=O) groups is 1. The fraction of sp³-hybridized carbons (Fsp3) is 0.909. The smallest absolute Gasteiger partial charge is 0.378 e. The molecule has 0 amide bonds. The highest BCUT2D eigenvalue weighted by Gasteiger charge is 2.56. The number of hydrogen-bond acceptors (Lipinski definition) is 5. The molecule has 0 aromatic rings. The molecule has 0 rings (SSSR count). The molecule has 19 heavy (non-hydrogen) atoms. The number of hydrogen-bond donors (Lipinski definition) is 0. The Labute approximate surface area is 124 Å². The third-order valence-electron chi connectivity index (χ3n) is 1.86. The Bertz CT molecular complexity index is 321. The lowest BCUT2D eigenvalue weighted by Gasteiger charge is -2.27. The third kappa shape index (κ3) is 5.60. The molecule has 0 fully saturated rings. The number of rotatable bonds is 9. The van der Waals surface area contributed by atoms with Gasteiger partial charge in [-0.25, -0.2) is 4.79 Å². The van der Waals surface area contributed by atoms with Gasteiger partial charge in [-0.1, -0.05) is 37.0 Å². The molecule has 0 aromatic heterocycles. The number of halogens is 2. The van der Waals surface area contributed by atoms with Crippen LogP contribution in [-0.4, -0.2) is 29.4 Å². The van der Waals surface area contributed by atoms with Gasteiger partial charge in [0, 0.05) is 0 Å². The molecular weight excluding hydrogens is 314 g/mol. The van der Waals surface area contributed by atoms with Gasteiger partial charge in [0.05, 0.1) is 19.3 Å². The van der Waals surface area contributed by atoms with Crippen LogP contribution in [0.5, 0.6) is 0 Å². The normalized spacial score (nSPS) is 12.8. The lowest BCUT2D eigenvalue weighted by Crippen LogP contribution is -2.32. The van der Waals surface area contributed by atoms with E-state index in [1.165, 1.54) is 0 Å². The zero-order valence-electron chi connectivity index (χ0n) is 11.7. The molecule has 0 radical (unpaired) electrons.